The molecule has 0 unspecified atom stereocenters. The van der Waals surface area contributed by atoms with E-state index in [9.17, 15) is 10.1 Å². The van der Waals surface area contributed by atoms with Gasteiger partial charge in [0.2, 0.25) is 0 Å². The monoisotopic (exact) mass is 282 g/mol. The third-order valence-electron chi connectivity index (χ3n) is 2.96. The number of hydrogen-bond donors (Lipinski definition) is 0. The van der Waals surface area contributed by atoms with E-state index in [1.165, 1.54) is 18.2 Å². The van der Waals surface area contributed by atoms with Crippen LogP contribution < -0.4 is 4.74 Å². The normalized spacial score (nSPS) is 9.95. The quantitative estimate of drug-likeness (QED) is 0.633. The lowest BCUT2D eigenvalue weighted by Crippen LogP contribution is -2.00. The van der Waals surface area contributed by atoms with Crippen LogP contribution in [0.1, 0.15) is 22.3 Å². The van der Waals surface area contributed by atoms with Gasteiger partial charge < -0.3 is 4.74 Å². The molecule has 2 aromatic carbocycles. The van der Waals surface area contributed by atoms with Crippen LogP contribution in [0, 0.1) is 35.3 Å². The lowest BCUT2D eigenvalue weighted by molar-refractivity contribution is -0.386. The summed E-state index contributed by atoms with van der Waals surface area (Å²) in [5.74, 6) is 0.165. The Hall–Kier alpha value is -2.87. The van der Waals surface area contributed by atoms with Crippen molar-refractivity contribution < 1.29 is 9.66 Å². The molecule has 106 valence electrons. The summed E-state index contributed by atoms with van der Waals surface area (Å²) in [6.07, 6.45) is 0. The van der Waals surface area contributed by atoms with Crippen molar-refractivity contribution in [2.45, 2.75) is 20.5 Å². The minimum Gasteiger partial charge on any atom is -0.482 e. The molecule has 0 aliphatic heterocycles. The molecule has 0 heterocycles. The van der Waals surface area contributed by atoms with E-state index in [0.717, 1.165) is 16.7 Å². The van der Waals surface area contributed by atoms with Crippen LogP contribution in [0.25, 0.3) is 0 Å². The molecule has 0 atom stereocenters. The van der Waals surface area contributed by atoms with Crippen LogP contribution in [-0.2, 0) is 6.61 Å². The van der Waals surface area contributed by atoms with Crippen LogP contribution in [0.2, 0.25) is 0 Å². The zero-order valence-electron chi connectivity index (χ0n) is 11.8. The number of ether oxygens (including phenoxy) is 1. The minimum atomic E-state index is -0.544. The number of aryl methyl sites for hydroxylation is 2. The lowest BCUT2D eigenvalue weighted by Gasteiger charge is -2.08. The molecule has 0 radical (unpaired) electrons. The summed E-state index contributed by atoms with van der Waals surface area (Å²) in [5, 5.41) is 19.8. The molecule has 2 aromatic rings. The summed E-state index contributed by atoms with van der Waals surface area (Å²) in [7, 11) is 0. The molecular weight excluding hydrogens is 268 g/mol. The van der Waals surface area contributed by atoms with Crippen molar-refractivity contribution in [3.63, 3.8) is 0 Å². The van der Waals surface area contributed by atoms with E-state index in [-0.39, 0.29) is 23.6 Å². The minimum absolute atomic E-state index is 0.165. The molecule has 0 N–H and O–H groups in total. The van der Waals surface area contributed by atoms with Crippen LogP contribution in [0.5, 0.6) is 5.75 Å². The van der Waals surface area contributed by atoms with Gasteiger partial charge >= 0.3 is 5.69 Å². The van der Waals surface area contributed by atoms with E-state index in [1.54, 1.807) is 0 Å². The molecule has 0 spiro atoms. The van der Waals surface area contributed by atoms with E-state index >= 15 is 0 Å². The first-order valence-corrected chi connectivity index (χ1v) is 6.38. The van der Waals surface area contributed by atoms with Gasteiger partial charge in [-0.2, -0.15) is 5.26 Å². The Morgan fingerprint density at radius 1 is 1.19 bits per heavy atom. The number of nitriles is 1. The lowest BCUT2D eigenvalue weighted by atomic mass is 10.1. The van der Waals surface area contributed by atoms with Crippen LogP contribution in [0.15, 0.2) is 36.4 Å². The van der Waals surface area contributed by atoms with Crippen molar-refractivity contribution in [3.8, 4) is 11.8 Å². The SMILES string of the molecule is Cc1cc(C)cc(COc2ccc(C#N)cc2[N+](=O)[O-])c1. The van der Waals surface area contributed by atoms with Gasteiger partial charge in [0.15, 0.2) is 5.75 Å². The fourth-order valence-corrected chi connectivity index (χ4v) is 2.17. The molecule has 0 aromatic heterocycles. The number of hydrogen-bond acceptors (Lipinski definition) is 4. The van der Waals surface area contributed by atoms with Gasteiger partial charge in [0.25, 0.3) is 0 Å². The average Bonchev–Trinajstić information content (AvgIpc) is 2.43. The van der Waals surface area contributed by atoms with E-state index in [2.05, 4.69) is 0 Å². The zero-order chi connectivity index (χ0) is 15.4. The third kappa shape index (κ3) is 3.57. The van der Waals surface area contributed by atoms with Crippen molar-refractivity contribution in [1.82, 2.24) is 0 Å². The van der Waals surface area contributed by atoms with E-state index in [4.69, 9.17) is 10.00 Å². The smallest absolute Gasteiger partial charge is 0.312 e. The Morgan fingerprint density at radius 3 is 2.43 bits per heavy atom. The third-order valence-corrected chi connectivity index (χ3v) is 2.96. The number of benzene rings is 2. The summed E-state index contributed by atoms with van der Waals surface area (Å²) < 4.78 is 5.54. The maximum atomic E-state index is 11.0. The summed E-state index contributed by atoms with van der Waals surface area (Å²) in [6.45, 7) is 4.22. The zero-order valence-corrected chi connectivity index (χ0v) is 11.8. The highest BCUT2D eigenvalue weighted by Crippen LogP contribution is 2.28. The summed E-state index contributed by atoms with van der Waals surface area (Å²) >= 11 is 0. The van der Waals surface area contributed by atoms with Gasteiger partial charge in [-0.1, -0.05) is 29.3 Å². The van der Waals surface area contributed by atoms with Crippen LogP contribution in [-0.4, -0.2) is 4.92 Å². The maximum Gasteiger partial charge on any atom is 0.312 e. The Balaban J connectivity index is 2.23. The molecular formula is C16H14N2O3. The Morgan fingerprint density at radius 2 is 1.86 bits per heavy atom. The highest BCUT2D eigenvalue weighted by molar-refractivity contribution is 5.51. The first-order chi connectivity index (χ1) is 9.99. The first-order valence-electron chi connectivity index (χ1n) is 6.38. The van der Waals surface area contributed by atoms with E-state index in [0.29, 0.717) is 0 Å². The molecule has 21 heavy (non-hydrogen) atoms. The molecule has 0 bridgehead atoms. The second-order valence-corrected chi connectivity index (χ2v) is 4.84. The molecule has 0 saturated heterocycles. The van der Waals surface area contributed by atoms with Gasteiger partial charge in [0.05, 0.1) is 16.6 Å². The largest absolute Gasteiger partial charge is 0.482 e. The predicted octanol–water partition coefficient (Wildman–Crippen LogP) is 3.66. The fraction of sp³-hybridized carbons (Fsp3) is 0.188. The summed E-state index contributed by atoms with van der Waals surface area (Å²) in [6, 6.07) is 12.1. The molecule has 0 aliphatic carbocycles. The highest BCUT2D eigenvalue weighted by atomic mass is 16.6. The Bertz CT molecular complexity index is 713. The Kier molecular flexibility index (Phi) is 4.19. The van der Waals surface area contributed by atoms with Crippen molar-refractivity contribution >= 4 is 5.69 Å². The molecule has 0 fully saturated rings. The summed E-state index contributed by atoms with van der Waals surface area (Å²) in [5.41, 5.74) is 3.22. The van der Waals surface area contributed by atoms with Crippen LogP contribution in [0.4, 0.5) is 5.69 Å². The van der Waals surface area contributed by atoms with Gasteiger partial charge in [-0.25, -0.2) is 0 Å². The maximum absolute atomic E-state index is 11.0. The molecule has 2 rings (SSSR count). The van der Waals surface area contributed by atoms with Gasteiger partial charge in [-0.15, -0.1) is 0 Å². The number of rotatable bonds is 4. The van der Waals surface area contributed by atoms with Crippen LogP contribution in [0.3, 0.4) is 0 Å². The molecule has 0 aliphatic rings. The fourth-order valence-electron chi connectivity index (χ4n) is 2.17. The standard InChI is InChI=1S/C16H14N2O3/c1-11-5-12(2)7-14(6-11)10-21-16-4-3-13(9-17)8-15(16)18(19)20/h3-8H,10H2,1-2H3. The highest BCUT2D eigenvalue weighted by Gasteiger charge is 2.16. The number of nitrogens with zero attached hydrogens (tertiary/aromatic N) is 2. The van der Waals surface area contributed by atoms with Crippen molar-refractivity contribution in [1.29, 1.82) is 5.26 Å². The molecule has 5 nitrogen and oxygen atoms in total. The number of nitro groups is 1. The number of nitro benzene ring substituents is 1. The topological polar surface area (TPSA) is 76.2 Å². The van der Waals surface area contributed by atoms with Gasteiger partial charge in [-0.05, 0) is 31.5 Å². The molecule has 0 amide bonds. The van der Waals surface area contributed by atoms with Gasteiger partial charge in [-0.3, -0.25) is 10.1 Å². The molecule has 5 heteroatoms. The van der Waals surface area contributed by atoms with E-state index < -0.39 is 4.92 Å². The van der Waals surface area contributed by atoms with Crippen molar-refractivity contribution in [2.75, 3.05) is 0 Å². The van der Waals surface area contributed by atoms with E-state index in [1.807, 2.05) is 38.1 Å². The van der Waals surface area contributed by atoms with Gasteiger partial charge in [0.1, 0.15) is 6.61 Å². The van der Waals surface area contributed by atoms with Crippen molar-refractivity contribution in [3.05, 3.63) is 68.8 Å². The average molecular weight is 282 g/mol. The van der Waals surface area contributed by atoms with Crippen LogP contribution >= 0.6 is 0 Å². The summed E-state index contributed by atoms with van der Waals surface area (Å²) in [4.78, 5) is 10.5. The Labute approximate surface area is 122 Å². The van der Waals surface area contributed by atoms with Crippen molar-refractivity contribution in [2.24, 2.45) is 0 Å². The molecule has 0 saturated carbocycles. The second kappa shape index (κ2) is 6.06. The first kappa shape index (κ1) is 14.5. The second-order valence-electron chi connectivity index (χ2n) is 4.84. The predicted molar refractivity (Wildman–Crippen MR) is 78.1 cm³/mol. The van der Waals surface area contributed by atoms with Gasteiger partial charge in [0, 0.05) is 6.07 Å².